The van der Waals surface area contributed by atoms with Crippen molar-refractivity contribution in [2.24, 2.45) is 5.92 Å². The number of hydrogen-bond acceptors (Lipinski definition) is 4. The van der Waals surface area contributed by atoms with Gasteiger partial charge in [0.05, 0.1) is 4.92 Å². The highest BCUT2D eigenvalue weighted by atomic mass is 79.9. The van der Waals surface area contributed by atoms with Crippen molar-refractivity contribution in [1.82, 2.24) is 0 Å². The number of nitrogens with zero attached hydrogens (tertiary/aromatic N) is 2. The number of thiol groups is 1. The molecule has 0 bridgehead atoms. The third-order valence-electron chi connectivity index (χ3n) is 2.89. The maximum atomic E-state index is 11.9. The molecule has 0 radical (unpaired) electrons. The fraction of sp³-hybridized carbons (Fsp3) is 0.364. The quantitative estimate of drug-likeness (QED) is 0.526. The minimum absolute atomic E-state index is 0.0497. The molecule has 0 aromatic heterocycles. The Morgan fingerprint density at radius 3 is 2.83 bits per heavy atom. The van der Waals surface area contributed by atoms with Gasteiger partial charge in [-0.15, -0.1) is 0 Å². The summed E-state index contributed by atoms with van der Waals surface area (Å²) in [6, 6.07) is 4.61. The maximum absolute atomic E-state index is 11.9. The molecule has 1 aromatic rings. The number of anilines is 1. The Morgan fingerprint density at radius 1 is 1.56 bits per heavy atom. The van der Waals surface area contributed by atoms with Crippen LogP contribution in [0.4, 0.5) is 11.4 Å². The van der Waals surface area contributed by atoms with Gasteiger partial charge in [-0.2, -0.15) is 12.6 Å². The minimum atomic E-state index is -0.469. The highest BCUT2D eigenvalue weighted by Crippen LogP contribution is 2.35. The van der Waals surface area contributed by atoms with Gasteiger partial charge >= 0.3 is 0 Å². The van der Waals surface area contributed by atoms with Crippen molar-refractivity contribution in [2.75, 3.05) is 17.2 Å². The highest BCUT2D eigenvalue weighted by Gasteiger charge is 2.33. The summed E-state index contributed by atoms with van der Waals surface area (Å²) in [7, 11) is 0. The lowest BCUT2D eigenvalue weighted by Gasteiger charge is -2.16. The predicted octanol–water partition coefficient (Wildman–Crippen LogP) is 2.64. The highest BCUT2D eigenvalue weighted by molar-refractivity contribution is 9.10. The van der Waals surface area contributed by atoms with Gasteiger partial charge in [0.15, 0.2) is 0 Å². The van der Waals surface area contributed by atoms with E-state index in [-0.39, 0.29) is 17.5 Å². The Morgan fingerprint density at radius 2 is 2.28 bits per heavy atom. The molecule has 1 saturated heterocycles. The van der Waals surface area contributed by atoms with Gasteiger partial charge in [-0.25, -0.2) is 0 Å². The number of hydrogen-bond donors (Lipinski definition) is 1. The van der Waals surface area contributed by atoms with Gasteiger partial charge in [-0.3, -0.25) is 14.9 Å². The monoisotopic (exact) mass is 330 g/mol. The molecular formula is C11H11BrN2O3S. The molecule has 1 aliphatic rings. The van der Waals surface area contributed by atoms with Crippen molar-refractivity contribution in [3.63, 3.8) is 0 Å². The van der Waals surface area contributed by atoms with Gasteiger partial charge in [0.25, 0.3) is 5.69 Å². The number of nitro groups is 1. The number of amides is 1. The van der Waals surface area contributed by atoms with Gasteiger partial charge in [0.1, 0.15) is 5.69 Å². The third-order valence-corrected chi connectivity index (χ3v) is 3.90. The van der Waals surface area contributed by atoms with E-state index in [0.717, 1.165) is 0 Å². The summed E-state index contributed by atoms with van der Waals surface area (Å²) in [5.74, 6) is 0.666. The maximum Gasteiger partial charge on any atom is 0.293 e. The van der Waals surface area contributed by atoms with Crippen LogP contribution in [0.15, 0.2) is 22.7 Å². The van der Waals surface area contributed by atoms with Crippen molar-refractivity contribution in [2.45, 2.75) is 6.42 Å². The van der Waals surface area contributed by atoms with E-state index in [1.165, 1.54) is 11.0 Å². The summed E-state index contributed by atoms with van der Waals surface area (Å²) >= 11 is 7.44. The molecule has 0 aliphatic carbocycles. The fourth-order valence-electron chi connectivity index (χ4n) is 2.00. The summed E-state index contributed by atoms with van der Waals surface area (Å²) in [4.78, 5) is 23.9. The van der Waals surface area contributed by atoms with Crippen LogP contribution in [0.2, 0.25) is 0 Å². The SMILES string of the molecule is O=C1CC(CS)CN1c1cc(Br)ccc1[N+](=O)[O-]. The van der Waals surface area contributed by atoms with Gasteiger partial charge in [-0.1, -0.05) is 15.9 Å². The van der Waals surface area contributed by atoms with E-state index in [1.54, 1.807) is 12.1 Å². The first-order valence-corrected chi connectivity index (χ1v) is 6.80. The molecule has 1 aliphatic heterocycles. The normalized spacial score (nSPS) is 19.3. The topological polar surface area (TPSA) is 63.5 Å². The summed E-state index contributed by atoms with van der Waals surface area (Å²) in [6.45, 7) is 0.486. The Balaban J connectivity index is 2.41. The molecule has 1 heterocycles. The number of benzene rings is 1. The Bertz CT molecular complexity index is 509. The lowest BCUT2D eigenvalue weighted by atomic mass is 10.1. The average Bonchev–Trinajstić information content (AvgIpc) is 2.70. The standard InChI is InChI=1S/C11H11BrN2O3S/c12-8-1-2-9(14(16)17)10(4-8)13-5-7(6-18)3-11(13)15/h1-2,4,7,18H,3,5-6H2. The van der Waals surface area contributed by atoms with Crippen LogP contribution in [-0.2, 0) is 4.79 Å². The Labute approximate surface area is 118 Å². The zero-order chi connectivity index (χ0) is 13.3. The minimum Gasteiger partial charge on any atom is -0.306 e. The first-order valence-electron chi connectivity index (χ1n) is 5.38. The van der Waals surface area contributed by atoms with Crippen LogP contribution in [0.25, 0.3) is 0 Å². The number of nitro benzene ring substituents is 1. The van der Waals surface area contributed by atoms with Crippen LogP contribution in [0, 0.1) is 16.0 Å². The van der Waals surface area contributed by atoms with Crippen LogP contribution >= 0.6 is 28.6 Å². The number of carbonyl (C=O) groups is 1. The molecule has 18 heavy (non-hydrogen) atoms. The molecular weight excluding hydrogens is 320 g/mol. The molecule has 5 nitrogen and oxygen atoms in total. The molecule has 1 amide bonds. The Kier molecular flexibility index (Phi) is 3.91. The molecule has 7 heteroatoms. The van der Waals surface area contributed by atoms with Gasteiger partial charge in [0, 0.05) is 23.5 Å². The van der Waals surface area contributed by atoms with Gasteiger partial charge in [-0.05, 0) is 23.8 Å². The van der Waals surface area contributed by atoms with Crippen molar-refractivity contribution in [3.8, 4) is 0 Å². The average molecular weight is 331 g/mol. The van der Waals surface area contributed by atoms with Crippen molar-refractivity contribution >= 4 is 45.8 Å². The van der Waals surface area contributed by atoms with E-state index < -0.39 is 4.92 Å². The second kappa shape index (κ2) is 5.27. The zero-order valence-corrected chi connectivity index (χ0v) is 11.9. The summed E-state index contributed by atoms with van der Waals surface area (Å²) < 4.78 is 0.713. The van der Waals surface area contributed by atoms with E-state index in [2.05, 4.69) is 28.6 Å². The molecule has 0 N–H and O–H groups in total. The molecule has 0 spiro atoms. The number of carbonyl (C=O) groups excluding carboxylic acids is 1. The third kappa shape index (κ3) is 2.51. The zero-order valence-electron chi connectivity index (χ0n) is 9.38. The number of rotatable bonds is 3. The molecule has 2 rings (SSSR count). The van der Waals surface area contributed by atoms with E-state index in [9.17, 15) is 14.9 Å². The molecule has 1 fully saturated rings. The lowest BCUT2D eigenvalue weighted by molar-refractivity contribution is -0.384. The molecule has 1 unspecified atom stereocenters. The largest absolute Gasteiger partial charge is 0.306 e. The lowest BCUT2D eigenvalue weighted by Crippen LogP contribution is -2.25. The summed E-state index contributed by atoms with van der Waals surface area (Å²) in [5, 5.41) is 11.0. The Hall–Kier alpha value is -1.08. The van der Waals surface area contributed by atoms with Crippen LogP contribution in [-0.4, -0.2) is 23.1 Å². The van der Waals surface area contributed by atoms with E-state index >= 15 is 0 Å². The molecule has 0 saturated carbocycles. The van der Waals surface area contributed by atoms with Crippen molar-refractivity contribution in [3.05, 3.63) is 32.8 Å². The first kappa shape index (κ1) is 13.4. The van der Waals surface area contributed by atoms with Crippen LogP contribution in [0.1, 0.15) is 6.42 Å². The molecule has 1 aromatic carbocycles. The predicted molar refractivity (Wildman–Crippen MR) is 75.1 cm³/mol. The van der Waals surface area contributed by atoms with Gasteiger partial charge in [0.2, 0.25) is 5.91 Å². The second-order valence-electron chi connectivity index (χ2n) is 4.15. The van der Waals surface area contributed by atoms with Gasteiger partial charge < -0.3 is 4.90 Å². The van der Waals surface area contributed by atoms with E-state index in [4.69, 9.17) is 0 Å². The molecule has 96 valence electrons. The summed E-state index contributed by atoms with van der Waals surface area (Å²) in [5.41, 5.74) is 0.301. The van der Waals surface area contributed by atoms with E-state index in [1.807, 2.05) is 0 Å². The van der Waals surface area contributed by atoms with E-state index in [0.29, 0.717) is 28.9 Å². The summed E-state index contributed by atoms with van der Waals surface area (Å²) in [6.07, 6.45) is 0.396. The van der Waals surface area contributed by atoms with Crippen molar-refractivity contribution < 1.29 is 9.72 Å². The smallest absolute Gasteiger partial charge is 0.293 e. The molecule has 1 atom stereocenters. The van der Waals surface area contributed by atoms with Crippen LogP contribution < -0.4 is 4.90 Å². The number of halogens is 1. The fourth-order valence-corrected chi connectivity index (χ4v) is 2.60. The van der Waals surface area contributed by atoms with Crippen LogP contribution in [0.3, 0.4) is 0 Å². The van der Waals surface area contributed by atoms with Crippen molar-refractivity contribution in [1.29, 1.82) is 0 Å². The first-order chi connectivity index (χ1) is 8.52. The van der Waals surface area contributed by atoms with Crippen LogP contribution in [0.5, 0.6) is 0 Å². The second-order valence-corrected chi connectivity index (χ2v) is 5.43.